The Hall–Kier alpha value is -0.870. The second-order valence-electron chi connectivity index (χ2n) is 5.57. The van der Waals surface area contributed by atoms with E-state index >= 15 is 0 Å². The van der Waals surface area contributed by atoms with Crippen LogP contribution in [-0.2, 0) is 11.2 Å². The van der Waals surface area contributed by atoms with Crippen molar-refractivity contribution in [3.05, 3.63) is 34.3 Å². The highest BCUT2D eigenvalue weighted by atomic mass is 79.9. The molecule has 0 aromatic heterocycles. The Kier molecular flexibility index (Phi) is 4.63. The van der Waals surface area contributed by atoms with Gasteiger partial charge in [-0.3, -0.25) is 4.79 Å². The molecule has 4 heteroatoms. The molecule has 1 unspecified atom stereocenters. The third-order valence-electron chi connectivity index (χ3n) is 3.88. The molecule has 1 amide bonds. The molecule has 0 radical (unpaired) electrons. The predicted molar refractivity (Wildman–Crippen MR) is 80.8 cm³/mol. The average Bonchev–Trinajstić information content (AvgIpc) is 3.22. The molecule has 1 aliphatic rings. The lowest BCUT2D eigenvalue weighted by Gasteiger charge is -2.29. The maximum atomic E-state index is 12.0. The van der Waals surface area contributed by atoms with Gasteiger partial charge in [0.05, 0.1) is 5.54 Å². The van der Waals surface area contributed by atoms with Crippen molar-refractivity contribution in [1.82, 2.24) is 5.32 Å². The first-order valence-electron chi connectivity index (χ1n) is 6.79. The van der Waals surface area contributed by atoms with Gasteiger partial charge >= 0.3 is 0 Å². The summed E-state index contributed by atoms with van der Waals surface area (Å²) in [7, 11) is 0. The van der Waals surface area contributed by atoms with Crippen LogP contribution in [0, 0.1) is 5.92 Å². The minimum Gasteiger partial charge on any atom is -0.349 e. The van der Waals surface area contributed by atoms with Gasteiger partial charge in [-0.2, -0.15) is 0 Å². The normalized spacial score (nSPS) is 17.8. The van der Waals surface area contributed by atoms with Crippen LogP contribution in [-0.4, -0.2) is 18.0 Å². The summed E-state index contributed by atoms with van der Waals surface area (Å²) >= 11 is 3.40. The van der Waals surface area contributed by atoms with E-state index in [2.05, 4.69) is 28.2 Å². The Balaban J connectivity index is 1.82. The minimum atomic E-state index is -0.212. The van der Waals surface area contributed by atoms with Gasteiger partial charge in [0.1, 0.15) is 0 Å². The van der Waals surface area contributed by atoms with Gasteiger partial charge < -0.3 is 11.1 Å². The highest BCUT2D eigenvalue weighted by Gasteiger charge is 2.41. The van der Waals surface area contributed by atoms with Gasteiger partial charge in [-0.25, -0.2) is 0 Å². The molecule has 0 saturated heterocycles. The summed E-state index contributed by atoms with van der Waals surface area (Å²) in [5.74, 6) is 0.664. The van der Waals surface area contributed by atoms with Crippen molar-refractivity contribution >= 4 is 21.8 Å². The Morgan fingerprint density at radius 1 is 1.42 bits per heavy atom. The maximum absolute atomic E-state index is 12.0. The van der Waals surface area contributed by atoms with Gasteiger partial charge in [-0.1, -0.05) is 28.1 Å². The van der Waals surface area contributed by atoms with E-state index in [0.29, 0.717) is 18.9 Å². The van der Waals surface area contributed by atoms with E-state index in [4.69, 9.17) is 5.73 Å². The predicted octanol–water partition coefficient (Wildman–Crippen LogP) is 2.63. The van der Waals surface area contributed by atoms with Gasteiger partial charge in [-0.05, 0) is 49.8 Å². The zero-order chi connectivity index (χ0) is 13.9. The van der Waals surface area contributed by atoms with Gasteiger partial charge in [-0.15, -0.1) is 0 Å². The van der Waals surface area contributed by atoms with Crippen LogP contribution in [0.5, 0.6) is 0 Å². The average molecular weight is 325 g/mol. The molecule has 1 aromatic rings. The first-order valence-corrected chi connectivity index (χ1v) is 7.58. The lowest BCUT2D eigenvalue weighted by atomic mass is 9.95. The fraction of sp³-hybridized carbons (Fsp3) is 0.533. The Labute approximate surface area is 123 Å². The third-order valence-corrected chi connectivity index (χ3v) is 4.41. The lowest BCUT2D eigenvalue weighted by Crippen LogP contribution is -2.53. The molecule has 19 heavy (non-hydrogen) atoms. The molecule has 0 aliphatic heterocycles. The molecule has 1 aliphatic carbocycles. The lowest BCUT2D eigenvalue weighted by molar-refractivity contribution is -0.123. The van der Waals surface area contributed by atoms with E-state index in [-0.39, 0.29) is 11.4 Å². The van der Waals surface area contributed by atoms with Gasteiger partial charge in [0.2, 0.25) is 5.91 Å². The zero-order valence-electron chi connectivity index (χ0n) is 11.3. The molecule has 1 saturated carbocycles. The third kappa shape index (κ3) is 4.05. The summed E-state index contributed by atoms with van der Waals surface area (Å²) in [6.45, 7) is 2.57. The number of nitrogens with one attached hydrogen (secondary N) is 1. The van der Waals surface area contributed by atoms with E-state index in [1.54, 1.807) is 0 Å². The number of nitrogens with two attached hydrogens (primary N) is 1. The van der Waals surface area contributed by atoms with Crippen molar-refractivity contribution in [3.63, 3.8) is 0 Å². The van der Waals surface area contributed by atoms with Crippen molar-refractivity contribution in [3.8, 4) is 0 Å². The molecular formula is C15H21BrN2O. The summed E-state index contributed by atoms with van der Waals surface area (Å²) < 4.78 is 1.06. The largest absolute Gasteiger partial charge is 0.349 e. The number of carbonyl (C=O) groups excluding carboxylic acids is 1. The van der Waals surface area contributed by atoms with E-state index in [1.165, 1.54) is 18.4 Å². The van der Waals surface area contributed by atoms with Crippen molar-refractivity contribution in [2.75, 3.05) is 6.54 Å². The van der Waals surface area contributed by atoms with Crippen LogP contribution >= 0.6 is 15.9 Å². The SMILES string of the molecule is CC(CN)(NC(=O)CCc1ccc(Br)cc1)C1CC1. The minimum absolute atomic E-state index is 0.0998. The molecule has 2 rings (SSSR count). The number of amides is 1. The smallest absolute Gasteiger partial charge is 0.220 e. The van der Waals surface area contributed by atoms with Crippen LogP contribution in [0.15, 0.2) is 28.7 Å². The number of aryl methyl sites for hydroxylation is 1. The molecule has 1 aromatic carbocycles. The van der Waals surface area contributed by atoms with Crippen LogP contribution in [0.25, 0.3) is 0 Å². The molecule has 1 fully saturated rings. The topological polar surface area (TPSA) is 55.1 Å². The summed E-state index contributed by atoms with van der Waals surface area (Å²) in [5, 5.41) is 3.11. The van der Waals surface area contributed by atoms with Crippen LogP contribution < -0.4 is 11.1 Å². The standard InChI is InChI=1S/C15H21BrN2O/c1-15(10-17,12-5-6-12)18-14(19)9-4-11-2-7-13(16)8-3-11/h2-3,7-8,12H,4-6,9-10,17H2,1H3,(H,18,19). The van der Waals surface area contributed by atoms with Gasteiger partial charge in [0.25, 0.3) is 0 Å². The summed E-state index contributed by atoms with van der Waals surface area (Å²) in [4.78, 5) is 12.0. The fourth-order valence-electron chi connectivity index (χ4n) is 2.33. The molecule has 0 bridgehead atoms. The van der Waals surface area contributed by atoms with Crippen LogP contribution in [0.4, 0.5) is 0 Å². The molecule has 104 valence electrons. The summed E-state index contributed by atoms with van der Waals surface area (Å²) in [6.07, 6.45) is 3.65. The second kappa shape index (κ2) is 6.06. The second-order valence-corrected chi connectivity index (χ2v) is 6.49. The highest BCUT2D eigenvalue weighted by Crippen LogP contribution is 2.38. The van der Waals surface area contributed by atoms with Crippen LogP contribution in [0.3, 0.4) is 0 Å². The number of carbonyl (C=O) groups is 1. The first kappa shape index (κ1) is 14.5. The van der Waals surface area contributed by atoms with E-state index in [0.717, 1.165) is 10.9 Å². The molecule has 1 atom stereocenters. The van der Waals surface area contributed by atoms with Crippen molar-refractivity contribution in [2.45, 2.75) is 38.1 Å². The quantitative estimate of drug-likeness (QED) is 0.845. The van der Waals surface area contributed by atoms with E-state index < -0.39 is 0 Å². The number of hydrogen-bond donors (Lipinski definition) is 2. The van der Waals surface area contributed by atoms with Crippen molar-refractivity contribution in [2.24, 2.45) is 11.7 Å². The van der Waals surface area contributed by atoms with Gasteiger partial charge in [0.15, 0.2) is 0 Å². The monoisotopic (exact) mass is 324 g/mol. The molecule has 0 heterocycles. The Morgan fingerprint density at radius 2 is 2.05 bits per heavy atom. The molecule has 0 spiro atoms. The number of rotatable bonds is 6. The summed E-state index contributed by atoms with van der Waals surface area (Å²) in [5.41, 5.74) is 6.77. The molecule has 3 N–H and O–H groups in total. The fourth-order valence-corrected chi connectivity index (χ4v) is 2.59. The van der Waals surface area contributed by atoms with Crippen molar-refractivity contribution < 1.29 is 4.79 Å². The van der Waals surface area contributed by atoms with E-state index in [1.807, 2.05) is 24.3 Å². The molecule has 3 nitrogen and oxygen atoms in total. The number of benzene rings is 1. The molecular weight excluding hydrogens is 304 g/mol. The van der Waals surface area contributed by atoms with Crippen LogP contribution in [0.2, 0.25) is 0 Å². The number of hydrogen-bond acceptors (Lipinski definition) is 2. The highest BCUT2D eigenvalue weighted by molar-refractivity contribution is 9.10. The first-order chi connectivity index (χ1) is 9.03. The summed E-state index contributed by atoms with van der Waals surface area (Å²) in [6, 6.07) is 8.09. The van der Waals surface area contributed by atoms with Gasteiger partial charge in [0, 0.05) is 17.4 Å². The van der Waals surface area contributed by atoms with Crippen LogP contribution in [0.1, 0.15) is 31.7 Å². The zero-order valence-corrected chi connectivity index (χ0v) is 12.9. The Bertz CT molecular complexity index is 442. The van der Waals surface area contributed by atoms with E-state index in [9.17, 15) is 4.79 Å². The Morgan fingerprint density at radius 3 is 2.58 bits per heavy atom. The van der Waals surface area contributed by atoms with Crippen molar-refractivity contribution in [1.29, 1.82) is 0 Å². The number of halogens is 1. The maximum Gasteiger partial charge on any atom is 0.220 e.